The fraction of sp³-hybridized carbons (Fsp3) is 0.304. The molecular formula is C23H23ClN4O5. The number of rotatable bonds is 9. The Bertz CT molecular complexity index is 1170. The fourth-order valence-electron chi connectivity index (χ4n) is 3.01. The number of aromatic nitrogens is 2. The average molecular weight is 471 g/mol. The fourth-order valence-corrected chi connectivity index (χ4v) is 3.30. The maximum absolute atomic E-state index is 11.6. The summed E-state index contributed by atoms with van der Waals surface area (Å²) in [4.78, 5) is 16.0. The Morgan fingerprint density at radius 1 is 1.30 bits per heavy atom. The van der Waals surface area contributed by atoms with Gasteiger partial charge in [0, 0.05) is 17.7 Å². The van der Waals surface area contributed by atoms with Crippen LogP contribution >= 0.6 is 11.6 Å². The first-order valence-electron chi connectivity index (χ1n) is 10.1. The van der Waals surface area contributed by atoms with Crippen LogP contribution in [0.2, 0.25) is 5.02 Å². The summed E-state index contributed by atoms with van der Waals surface area (Å²) in [7, 11) is 1.26. The van der Waals surface area contributed by atoms with Crippen molar-refractivity contribution in [3.05, 3.63) is 52.5 Å². The van der Waals surface area contributed by atoms with Gasteiger partial charge in [0.2, 0.25) is 5.82 Å². The standard InChI is InChI=1S/C23H23ClN4O5/c1-13(2)32-20-7-5-15(9-16(20)10-25)22-27-21(28-33-22)17-6-4-14(8-18(17)24)11-26-19(12-29)23(30)31-3/h4-9,13,19,26,29H,11-12H2,1-3H3/t19-/m0/s1. The molecule has 0 fully saturated rings. The number of nitriles is 1. The predicted octanol–water partition coefficient (Wildman–Crippen LogP) is 3.34. The molecular weight excluding hydrogens is 448 g/mol. The van der Waals surface area contributed by atoms with E-state index in [9.17, 15) is 15.2 Å². The van der Waals surface area contributed by atoms with E-state index in [4.69, 9.17) is 20.9 Å². The molecule has 0 saturated carbocycles. The van der Waals surface area contributed by atoms with Crippen LogP contribution < -0.4 is 10.1 Å². The summed E-state index contributed by atoms with van der Waals surface area (Å²) in [6.07, 6.45) is -0.0618. The van der Waals surface area contributed by atoms with Crippen molar-refractivity contribution in [3.8, 4) is 34.7 Å². The number of nitrogens with one attached hydrogen (secondary N) is 1. The molecule has 0 aliphatic heterocycles. The van der Waals surface area contributed by atoms with Crippen LogP contribution in [0, 0.1) is 11.3 Å². The number of carbonyl (C=O) groups is 1. The number of methoxy groups -OCH3 is 1. The molecule has 0 aliphatic carbocycles. The molecule has 1 heterocycles. The molecule has 10 heteroatoms. The first kappa shape index (κ1) is 24.2. The minimum atomic E-state index is -0.830. The second-order valence-corrected chi connectivity index (χ2v) is 7.77. The van der Waals surface area contributed by atoms with Gasteiger partial charge in [0.05, 0.1) is 30.4 Å². The Hall–Kier alpha value is -3.45. The van der Waals surface area contributed by atoms with Crippen LogP contribution in [0.1, 0.15) is 25.0 Å². The van der Waals surface area contributed by atoms with E-state index < -0.39 is 12.0 Å². The highest BCUT2D eigenvalue weighted by Gasteiger charge is 2.18. The number of aliphatic hydroxyl groups excluding tert-OH is 1. The lowest BCUT2D eigenvalue weighted by molar-refractivity contribution is -0.144. The van der Waals surface area contributed by atoms with Gasteiger partial charge in [-0.2, -0.15) is 10.2 Å². The van der Waals surface area contributed by atoms with Crippen LogP contribution in [-0.4, -0.2) is 47.1 Å². The van der Waals surface area contributed by atoms with E-state index in [0.29, 0.717) is 39.8 Å². The van der Waals surface area contributed by atoms with E-state index in [-0.39, 0.29) is 18.6 Å². The molecule has 0 bridgehead atoms. The minimum Gasteiger partial charge on any atom is -0.490 e. The van der Waals surface area contributed by atoms with E-state index in [1.54, 1.807) is 36.4 Å². The quantitative estimate of drug-likeness (QED) is 0.452. The van der Waals surface area contributed by atoms with Gasteiger partial charge in [0.1, 0.15) is 17.9 Å². The Labute approximate surface area is 195 Å². The zero-order valence-corrected chi connectivity index (χ0v) is 19.1. The van der Waals surface area contributed by atoms with E-state index in [0.717, 1.165) is 5.56 Å². The molecule has 33 heavy (non-hydrogen) atoms. The lowest BCUT2D eigenvalue weighted by Gasteiger charge is -2.14. The summed E-state index contributed by atoms with van der Waals surface area (Å²) in [5.74, 6) is 0.461. The van der Waals surface area contributed by atoms with Crippen LogP contribution in [0.3, 0.4) is 0 Å². The Morgan fingerprint density at radius 3 is 2.73 bits per heavy atom. The third-order valence-electron chi connectivity index (χ3n) is 4.63. The number of aliphatic hydroxyl groups is 1. The third kappa shape index (κ3) is 5.87. The smallest absolute Gasteiger partial charge is 0.325 e. The number of benzene rings is 2. The van der Waals surface area contributed by atoms with E-state index >= 15 is 0 Å². The van der Waals surface area contributed by atoms with Gasteiger partial charge >= 0.3 is 5.97 Å². The maximum Gasteiger partial charge on any atom is 0.325 e. The number of halogens is 1. The van der Waals surface area contributed by atoms with Gasteiger partial charge in [-0.1, -0.05) is 22.8 Å². The van der Waals surface area contributed by atoms with E-state index in [1.807, 2.05) is 13.8 Å². The summed E-state index contributed by atoms with van der Waals surface area (Å²) in [5, 5.41) is 26.0. The molecule has 0 spiro atoms. The molecule has 3 aromatic rings. The monoisotopic (exact) mass is 470 g/mol. The minimum absolute atomic E-state index is 0.0618. The Kier molecular flexibility index (Phi) is 8.01. The number of hydrogen-bond donors (Lipinski definition) is 2. The molecule has 2 N–H and O–H groups in total. The van der Waals surface area contributed by atoms with Gasteiger partial charge in [-0.15, -0.1) is 0 Å². The second kappa shape index (κ2) is 10.9. The molecule has 0 unspecified atom stereocenters. The average Bonchev–Trinajstić information content (AvgIpc) is 3.29. The van der Waals surface area contributed by atoms with Crippen molar-refractivity contribution in [2.45, 2.75) is 32.5 Å². The number of ether oxygens (including phenoxy) is 2. The molecule has 3 rings (SSSR count). The highest BCUT2D eigenvalue weighted by Crippen LogP contribution is 2.30. The van der Waals surface area contributed by atoms with Crippen LogP contribution in [-0.2, 0) is 16.1 Å². The lowest BCUT2D eigenvalue weighted by Crippen LogP contribution is -2.40. The van der Waals surface area contributed by atoms with Gasteiger partial charge in [0.15, 0.2) is 0 Å². The van der Waals surface area contributed by atoms with Crippen molar-refractivity contribution in [2.24, 2.45) is 0 Å². The largest absolute Gasteiger partial charge is 0.490 e. The third-order valence-corrected chi connectivity index (χ3v) is 4.94. The Morgan fingerprint density at radius 2 is 2.09 bits per heavy atom. The number of hydrogen-bond acceptors (Lipinski definition) is 9. The highest BCUT2D eigenvalue weighted by atomic mass is 35.5. The van der Waals surface area contributed by atoms with Crippen LogP contribution in [0.5, 0.6) is 5.75 Å². The number of esters is 1. The zero-order valence-electron chi connectivity index (χ0n) is 18.3. The molecule has 1 atom stereocenters. The summed E-state index contributed by atoms with van der Waals surface area (Å²) in [6, 6.07) is 11.6. The first-order chi connectivity index (χ1) is 15.9. The lowest BCUT2D eigenvalue weighted by atomic mass is 10.1. The van der Waals surface area contributed by atoms with Crippen molar-refractivity contribution in [3.63, 3.8) is 0 Å². The highest BCUT2D eigenvalue weighted by molar-refractivity contribution is 6.33. The van der Waals surface area contributed by atoms with Crippen molar-refractivity contribution in [2.75, 3.05) is 13.7 Å². The topological polar surface area (TPSA) is 130 Å². The normalized spacial score (nSPS) is 11.8. The van der Waals surface area contributed by atoms with Crippen LogP contribution in [0.4, 0.5) is 0 Å². The SMILES string of the molecule is COC(=O)[C@H](CO)NCc1ccc(-c2noc(-c3ccc(OC(C)C)c(C#N)c3)n2)c(Cl)c1. The number of carbonyl (C=O) groups excluding carboxylic acids is 1. The van der Waals surface area contributed by atoms with Crippen LogP contribution in [0.25, 0.3) is 22.8 Å². The van der Waals surface area contributed by atoms with Crippen molar-refractivity contribution in [1.29, 1.82) is 5.26 Å². The maximum atomic E-state index is 11.6. The number of nitrogens with zero attached hydrogens (tertiary/aromatic N) is 3. The van der Waals surface area contributed by atoms with Crippen molar-refractivity contribution < 1.29 is 23.9 Å². The zero-order chi connectivity index (χ0) is 24.0. The molecule has 0 saturated heterocycles. The first-order valence-corrected chi connectivity index (χ1v) is 10.5. The van der Waals surface area contributed by atoms with Gasteiger partial charge in [-0.25, -0.2) is 0 Å². The molecule has 0 aliphatic rings. The summed E-state index contributed by atoms with van der Waals surface area (Å²) < 4.78 is 15.6. The molecule has 1 aromatic heterocycles. The summed E-state index contributed by atoms with van der Waals surface area (Å²) in [6.45, 7) is 3.67. The van der Waals surface area contributed by atoms with Gasteiger partial charge in [-0.05, 0) is 49.7 Å². The molecule has 0 radical (unpaired) electrons. The van der Waals surface area contributed by atoms with Gasteiger partial charge in [0.25, 0.3) is 5.89 Å². The Balaban J connectivity index is 1.78. The molecule has 172 valence electrons. The van der Waals surface area contributed by atoms with E-state index in [1.165, 1.54) is 7.11 Å². The molecule has 2 aromatic carbocycles. The second-order valence-electron chi connectivity index (χ2n) is 7.37. The molecule has 9 nitrogen and oxygen atoms in total. The molecule has 0 amide bonds. The summed E-state index contributed by atoms with van der Waals surface area (Å²) >= 11 is 6.43. The van der Waals surface area contributed by atoms with Crippen molar-refractivity contribution in [1.82, 2.24) is 15.5 Å². The van der Waals surface area contributed by atoms with Crippen LogP contribution in [0.15, 0.2) is 40.9 Å². The predicted molar refractivity (Wildman–Crippen MR) is 120 cm³/mol. The van der Waals surface area contributed by atoms with Gasteiger partial charge in [-0.3, -0.25) is 10.1 Å². The van der Waals surface area contributed by atoms with E-state index in [2.05, 4.69) is 26.3 Å². The van der Waals surface area contributed by atoms with Crippen molar-refractivity contribution >= 4 is 17.6 Å². The van der Waals surface area contributed by atoms with Gasteiger partial charge < -0.3 is 19.1 Å². The summed E-state index contributed by atoms with van der Waals surface area (Å²) in [5.41, 5.74) is 2.29.